The van der Waals surface area contributed by atoms with Crippen LogP contribution in [0.5, 0.6) is 5.88 Å². The van der Waals surface area contributed by atoms with E-state index in [2.05, 4.69) is 31.1 Å². The zero-order valence-electron chi connectivity index (χ0n) is 16.0. The monoisotopic (exact) mass is 469 g/mol. The Morgan fingerprint density at radius 1 is 1.23 bits per heavy atom. The summed E-state index contributed by atoms with van der Waals surface area (Å²) in [5.41, 5.74) is 0.787. The molecule has 0 unspecified atom stereocenters. The highest BCUT2D eigenvalue weighted by molar-refractivity contribution is 9.10. The predicted molar refractivity (Wildman–Crippen MR) is 114 cm³/mol. The summed E-state index contributed by atoms with van der Waals surface area (Å²) in [7, 11) is 0. The summed E-state index contributed by atoms with van der Waals surface area (Å²) >= 11 is 3.31. The van der Waals surface area contributed by atoms with E-state index in [1.54, 1.807) is 34.9 Å². The lowest BCUT2D eigenvalue weighted by atomic mass is 10.1. The summed E-state index contributed by atoms with van der Waals surface area (Å²) in [5.74, 6) is -1.43. The normalized spacial score (nSPS) is 11.7. The van der Waals surface area contributed by atoms with Gasteiger partial charge in [-0.3, -0.25) is 9.59 Å². The first kappa shape index (κ1) is 19.8. The molecule has 0 aliphatic rings. The summed E-state index contributed by atoms with van der Waals surface area (Å²) in [5, 5.41) is 28.3. The Labute approximate surface area is 178 Å². The number of nitrogens with zero attached hydrogens (tertiary/aromatic N) is 5. The molecule has 0 saturated carbocycles. The van der Waals surface area contributed by atoms with Crippen LogP contribution in [0.15, 0.2) is 56.0 Å². The fourth-order valence-electron chi connectivity index (χ4n) is 3.22. The van der Waals surface area contributed by atoms with Crippen LogP contribution < -0.4 is 5.43 Å². The SMILES string of the molecule is CCn1cc(C(=O)N=Nc2c(O)n(O)c3ccc(Br)cc23)c(=O)c2ccc(C)nc21. The smallest absolute Gasteiger partial charge is 0.300 e. The van der Waals surface area contributed by atoms with E-state index < -0.39 is 17.2 Å². The van der Waals surface area contributed by atoms with E-state index in [-0.39, 0.29) is 16.8 Å². The summed E-state index contributed by atoms with van der Waals surface area (Å²) in [6, 6.07) is 8.19. The Balaban J connectivity index is 1.82. The Morgan fingerprint density at radius 2 is 2.00 bits per heavy atom. The molecule has 0 saturated heterocycles. The highest BCUT2D eigenvalue weighted by Crippen LogP contribution is 2.39. The van der Waals surface area contributed by atoms with Crippen molar-refractivity contribution >= 4 is 49.5 Å². The summed E-state index contributed by atoms with van der Waals surface area (Å²) in [6.45, 7) is 4.19. The predicted octanol–water partition coefficient (Wildman–Crippen LogP) is 4.31. The minimum absolute atomic E-state index is 0.0870. The number of hydrogen-bond donors (Lipinski definition) is 2. The lowest BCUT2D eigenvalue weighted by Crippen LogP contribution is -2.18. The molecule has 1 aromatic carbocycles. The number of rotatable bonds is 3. The third kappa shape index (κ3) is 3.14. The van der Waals surface area contributed by atoms with Crippen molar-refractivity contribution in [2.24, 2.45) is 10.2 Å². The summed E-state index contributed by atoms with van der Waals surface area (Å²) < 4.78 is 2.93. The number of carbonyl (C=O) groups is 1. The first-order valence-corrected chi connectivity index (χ1v) is 9.80. The summed E-state index contributed by atoms with van der Waals surface area (Å²) in [6.07, 6.45) is 1.41. The number of aromatic hydroxyl groups is 1. The van der Waals surface area contributed by atoms with Gasteiger partial charge in [0.05, 0.1) is 10.9 Å². The molecule has 9 nitrogen and oxygen atoms in total. The number of benzene rings is 1. The number of carbonyl (C=O) groups excluding carboxylic acids is 1. The van der Waals surface area contributed by atoms with Gasteiger partial charge < -0.3 is 14.9 Å². The molecule has 10 heteroatoms. The van der Waals surface area contributed by atoms with Crippen molar-refractivity contribution in [3.05, 3.63) is 62.5 Å². The molecule has 152 valence electrons. The Bertz CT molecular complexity index is 1420. The van der Waals surface area contributed by atoms with Crippen molar-refractivity contribution in [1.82, 2.24) is 14.3 Å². The topological polar surface area (TPSA) is 122 Å². The van der Waals surface area contributed by atoms with Gasteiger partial charge in [-0.25, -0.2) is 4.98 Å². The van der Waals surface area contributed by atoms with Crippen molar-refractivity contribution in [2.45, 2.75) is 20.4 Å². The first-order chi connectivity index (χ1) is 14.3. The van der Waals surface area contributed by atoms with Gasteiger partial charge in [0.1, 0.15) is 11.2 Å². The molecule has 2 N–H and O–H groups in total. The molecular weight excluding hydrogens is 454 g/mol. The largest absolute Gasteiger partial charge is 0.491 e. The van der Waals surface area contributed by atoms with Crippen molar-refractivity contribution < 1.29 is 15.1 Å². The van der Waals surface area contributed by atoms with Gasteiger partial charge in [-0.15, -0.1) is 15.0 Å². The molecule has 1 amide bonds. The zero-order chi connectivity index (χ0) is 21.6. The second-order valence-corrected chi connectivity index (χ2v) is 7.55. The standard InChI is InChI=1S/C20H16BrN5O4/c1-3-25-9-14(17(27)12-6-4-10(2)22-18(12)25)19(28)24-23-16-13-8-11(21)5-7-15(13)26(30)20(16)29/h4-9,29-30H,3H2,1-2H3. The van der Waals surface area contributed by atoms with E-state index in [1.807, 2.05) is 13.8 Å². The maximum absolute atomic E-state index is 12.8. The molecule has 0 radical (unpaired) electrons. The molecule has 0 aliphatic heterocycles. The van der Waals surface area contributed by atoms with E-state index in [4.69, 9.17) is 0 Å². The van der Waals surface area contributed by atoms with Gasteiger partial charge >= 0.3 is 5.91 Å². The molecule has 3 heterocycles. The molecule has 4 rings (SSSR count). The number of azo groups is 1. The molecule has 0 fully saturated rings. The summed E-state index contributed by atoms with van der Waals surface area (Å²) in [4.78, 5) is 29.9. The Morgan fingerprint density at radius 3 is 2.73 bits per heavy atom. The average molecular weight is 470 g/mol. The molecule has 4 aromatic rings. The van der Waals surface area contributed by atoms with E-state index >= 15 is 0 Å². The van der Waals surface area contributed by atoms with Crippen LogP contribution in [0.25, 0.3) is 21.9 Å². The number of fused-ring (bicyclic) bond motifs is 2. The van der Waals surface area contributed by atoms with Crippen LogP contribution in [0, 0.1) is 6.92 Å². The van der Waals surface area contributed by atoms with Crippen LogP contribution >= 0.6 is 15.9 Å². The lowest BCUT2D eigenvalue weighted by molar-refractivity contribution is 0.0993. The van der Waals surface area contributed by atoms with Crippen LogP contribution in [-0.4, -0.2) is 30.5 Å². The van der Waals surface area contributed by atoms with Crippen LogP contribution in [0.2, 0.25) is 0 Å². The maximum Gasteiger partial charge on any atom is 0.300 e. The van der Waals surface area contributed by atoms with Gasteiger partial charge in [-0.05, 0) is 44.2 Å². The van der Waals surface area contributed by atoms with Gasteiger partial charge in [0.25, 0.3) is 5.88 Å². The van der Waals surface area contributed by atoms with Crippen molar-refractivity contribution in [2.75, 3.05) is 0 Å². The van der Waals surface area contributed by atoms with Crippen LogP contribution in [0.1, 0.15) is 23.0 Å². The fraction of sp³-hybridized carbons (Fsp3) is 0.150. The quantitative estimate of drug-likeness (QED) is 0.341. The number of pyridine rings is 2. The minimum Gasteiger partial charge on any atom is -0.491 e. The third-order valence-electron chi connectivity index (χ3n) is 4.73. The van der Waals surface area contributed by atoms with Crippen molar-refractivity contribution in [3.8, 4) is 5.88 Å². The molecular formula is C20H16BrN5O4. The second-order valence-electron chi connectivity index (χ2n) is 6.63. The van der Waals surface area contributed by atoms with Gasteiger partial charge in [0, 0.05) is 28.3 Å². The number of amides is 1. The second kappa shape index (κ2) is 7.38. The minimum atomic E-state index is -0.863. The third-order valence-corrected chi connectivity index (χ3v) is 5.22. The average Bonchev–Trinajstić information content (AvgIpc) is 2.96. The first-order valence-electron chi connectivity index (χ1n) is 9.01. The molecule has 3 aromatic heterocycles. The molecule has 0 bridgehead atoms. The highest BCUT2D eigenvalue weighted by Gasteiger charge is 2.19. The number of aromatic nitrogens is 3. The van der Waals surface area contributed by atoms with Crippen molar-refractivity contribution in [3.63, 3.8) is 0 Å². The van der Waals surface area contributed by atoms with E-state index in [1.165, 1.54) is 6.20 Å². The lowest BCUT2D eigenvalue weighted by Gasteiger charge is -2.09. The van der Waals surface area contributed by atoms with E-state index in [9.17, 15) is 19.9 Å². The molecule has 0 aliphatic carbocycles. The number of aryl methyl sites for hydroxylation is 2. The van der Waals surface area contributed by atoms with Gasteiger partial charge in [-0.1, -0.05) is 15.9 Å². The van der Waals surface area contributed by atoms with Gasteiger partial charge in [0.2, 0.25) is 5.43 Å². The van der Waals surface area contributed by atoms with E-state index in [0.717, 1.165) is 5.69 Å². The van der Waals surface area contributed by atoms with Gasteiger partial charge in [-0.2, -0.15) is 0 Å². The van der Waals surface area contributed by atoms with Crippen LogP contribution in [-0.2, 0) is 6.54 Å². The molecule has 30 heavy (non-hydrogen) atoms. The fourth-order valence-corrected chi connectivity index (χ4v) is 3.58. The Hall–Kier alpha value is -3.53. The van der Waals surface area contributed by atoms with E-state index in [0.29, 0.717) is 32.2 Å². The highest BCUT2D eigenvalue weighted by atomic mass is 79.9. The number of halogens is 1. The molecule has 0 atom stereocenters. The Kier molecular flexibility index (Phi) is 4.86. The number of hydrogen-bond acceptors (Lipinski definition) is 6. The van der Waals surface area contributed by atoms with Crippen LogP contribution in [0.3, 0.4) is 0 Å². The van der Waals surface area contributed by atoms with Crippen molar-refractivity contribution in [1.29, 1.82) is 0 Å². The zero-order valence-corrected chi connectivity index (χ0v) is 17.6. The molecule has 0 spiro atoms. The maximum atomic E-state index is 12.8. The van der Waals surface area contributed by atoms with Gasteiger partial charge in [0.15, 0.2) is 5.69 Å². The van der Waals surface area contributed by atoms with Crippen LogP contribution in [0.4, 0.5) is 5.69 Å².